The van der Waals surface area contributed by atoms with Crippen molar-refractivity contribution in [1.82, 2.24) is 9.97 Å². The molecule has 6 heteroatoms. The van der Waals surface area contributed by atoms with Crippen molar-refractivity contribution in [3.8, 4) is 11.6 Å². The van der Waals surface area contributed by atoms with E-state index in [1.54, 1.807) is 37.4 Å². The van der Waals surface area contributed by atoms with Gasteiger partial charge in [0.25, 0.3) is 0 Å². The van der Waals surface area contributed by atoms with Crippen molar-refractivity contribution in [3.63, 3.8) is 0 Å². The molecule has 20 heavy (non-hydrogen) atoms. The molecule has 0 fully saturated rings. The summed E-state index contributed by atoms with van der Waals surface area (Å²) in [5, 5.41) is 9.11. The lowest BCUT2D eigenvalue weighted by Crippen LogP contribution is -2.07. The van der Waals surface area contributed by atoms with Crippen LogP contribution in [0.15, 0.2) is 30.5 Å². The summed E-state index contributed by atoms with van der Waals surface area (Å²) in [4.78, 5) is 19.1. The van der Waals surface area contributed by atoms with E-state index in [-0.39, 0.29) is 18.1 Å². The number of ether oxygens (including phenoxy) is 2. The highest BCUT2D eigenvalue weighted by atomic mass is 16.5. The molecule has 0 aliphatic rings. The van der Waals surface area contributed by atoms with Crippen LogP contribution in [0.4, 0.5) is 0 Å². The predicted molar refractivity (Wildman–Crippen MR) is 71.1 cm³/mol. The number of nitrogens with zero attached hydrogens (tertiary/aromatic N) is 2. The molecule has 0 aliphatic carbocycles. The molecule has 0 saturated heterocycles. The van der Waals surface area contributed by atoms with E-state index in [2.05, 4.69) is 9.97 Å². The van der Waals surface area contributed by atoms with Gasteiger partial charge in [-0.1, -0.05) is 0 Å². The van der Waals surface area contributed by atoms with Gasteiger partial charge in [-0.25, -0.2) is 14.8 Å². The maximum absolute atomic E-state index is 11.1. The van der Waals surface area contributed by atoms with E-state index < -0.39 is 5.97 Å². The number of aromatic carboxylic acids is 1. The minimum absolute atomic E-state index is 0.104. The predicted octanol–water partition coefficient (Wildman–Crippen LogP) is 2.07. The van der Waals surface area contributed by atoms with E-state index in [4.69, 9.17) is 14.6 Å². The first-order chi connectivity index (χ1) is 9.61. The van der Waals surface area contributed by atoms with Crippen LogP contribution in [0.3, 0.4) is 0 Å². The second-order valence-corrected chi connectivity index (χ2v) is 4.07. The van der Waals surface area contributed by atoms with Crippen LogP contribution in [0.25, 0.3) is 0 Å². The maximum atomic E-state index is 11.1. The Morgan fingerprint density at radius 1 is 1.35 bits per heavy atom. The molecule has 0 radical (unpaired) electrons. The van der Waals surface area contributed by atoms with Crippen molar-refractivity contribution in [2.24, 2.45) is 0 Å². The van der Waals surface area contributed by atoms with Gasteiger partial charge in [-0.05, 0) is 31.2 Å². The van der Waals surface area contributed by atoms with E-state index >= 15 is 0 Å². The highest BCUT2D eigenvalue weighted by Gasteiger charge is 2.14. The number of carboxylic acids is 1. The van der Waals surface area contributed by atoms with Crippen LogP contribution >= 0.6 is 0 Å². The number of carboxylic acid groups (broad SMARTS) is 1. The molecule has 0 aliphatic heterocycles. The van der Waals surface area contributed by atoms with E-state index in [1.807, 2.05) is 0 Å². The zero-order chi connectivity index (χ0) is 14.5. The summed E-state index contributed by atoms with van der Waals surface area (Å²) < 4.78 is 10.6. The zero-order valence-corrected chi connectivity index (χ0v) is 11.2. The van der Waals surface area contributed by atoms with Crippen LogP contribution in [0.1, 0.15) is 21.7 Å². The molecule has 0 saturated carbocycles. The highest BCUT2D eigenvalue weighted by Crippen LogP contribution is 2.21. The van der Waals surface area contributed by atoms with Crippen LogP contribution < -0.4 is 9.47 Å². The van der Waals surface area contributed by atoms with Gasteiger partial charge in [0.15, 0.2) is 11.4 Å². The summed E-state index contributed by atoms with van der Waals surface area (Å²) in [6.07, 6.45) is 1.61. The summed E-state index contributed by atoms with van der Waals surface area (Å²) in [6, 6.07) is 6.84. The van der Waals surface area contributed by atoms with Crippen molar-refractivity contribution >= 4 is 5.97 Å². The highest BCUT2D eigenvalue weighted by molar-refractivity contribution is 5.88. The minimum Gasteiger partial charge on any atom is -0.486 e. The quantitative estimate of drug-likeness (QED) is 0.898. The first-order valence-electron chi connectivity index (χ1n) is 5.93. The molecular weight excluding hydrogens is 260 g/mol. The molecule has 104 valence electrons. The molecule has 0 bridgehead atoms. The Balaban J connectivity index is 2.21. The Morgan fingerprint density at radius 3 is 2.85 bits per heavy atom. The third-order valence-electron chi connectivity index (χ3n) is 2.63. The Labute approximate surface area is 116 Å². The average molecular weight is 274 g/mol. The van der Waals surface area contributed by atoms with Gasteiger partial charge in [0.05, 0.1) is 12.7 Å². The van der Waals surface area contributed by atoms with Crippen molar-refractivity contribution < 1.29 is 19.4 Å². The SMILES string of the molecule is COc1ncccc1COc1ccc(C)nc1C(=O)O. The average Bonchev–Trinajstić information content (AvgIpc) is 2.46. The lowest BCUT2D eigenvalue weighted by Gasteiger charge is -2.10. The number of methoxy groups -OCH3 is 1. The Morgan fingerprint density at radius 2 is 2.15 bits per heavy atom. The molecule has 0 aromatic carbocycles. The van der Waals surface area contributed by atoms with Gasteiger partial charge in [0.2, 0.25) is 5.88 Å². The normalized spacial score (nSPS) is 10.1. The summed E-state index contributed by atoms with van der Waals surface area (Å²) in [7, 11) is 1.52. The maximum Gasteiger partial charge on any atom is 0.358 e. The molecule has 2 rings (SSSR count). The van der Waals surface area contributed by atoms with Crippen LogP contribution in [-0.2, 0) is 6.61 Å². The molecule has 2 aromatic rings. The molecule has 0 atom stereocenters. The van der Waals surface area contributed by atoms with Gasteiger partial charge in [-0.15, -0.1) is 0 Å². The number of rotatable bonds is 5. The molecule has 0 unspecified atom stereocenters. The lowest BCUT2D eigenvalue weighted by molar-refractivity contribution is 0.0684. The van der Waals surface area contributed by atoms with Crippen molar-refractivity contribution in [2.75, 3.05) is 7.11 Å². The van der Waals surface area contributed by atoms with E-state index in [0.717, 1.165) is 5.56 Å². The molecule has 6 nitrogen and oxygen atoms in total. The second-order valence-electron chi connectivity index (χ2n) is 4.07. The van der Waals surface area contributed by atoms with Crippen molar-refractivity contribution in [2.45, 2.75) is 13.5 Å². The molecule has 0 amide bonds. The van der Waals surface area contributed by atoms with Crippen LogP contribution in [-0.4, -0.2) is 28.2 Å². The summed E-state index contributed by atoms with van der Waals surface area (Å²) >= 11 is 0. The molecule has 2 aromatic heterocycles. The number of pyridine rings is 2. The molecule has 0 spiro atoms. The van der Waals surface area contributed by atoms with Gasteiger partial charge >= 0.3 is 5.97 Å². The fourth-order valence-corrected chi connectivity index (χ4v) is 1.69. The standard InChI is InChI=1S/C14H14N2O4/c1-9-5-6-11(12(16-9)14(17)18)20-8-10-4-3-7-15-13(10)19-2/h3-7H,8H2,1-2H3,(H,17,18). The van der Waals surface area contributed by atoms with E-state index in [0.29, 0.717) is 11.6 Å². The van der Waals surface area contributed by atoms with Crippen LogP contribution in [0.5, 0.6) is 11.6 Å². The van der Waals surface area contributed by atoms with Gasteiger partial charge in [-0.2, -0.15) is 0 Å². The summed E-state index contributed by atoms with van der Waals surface area (Å²) in [5.74, 6) is -0.458. The number of aryl methyl sites for hydroxylation is 1. The number of aromatic nitrogens is 2. The van der Waals surface area contributed by atoms with Gasteiger partial charge in [0, 0.05) is 11.9 Å². The topological polar surface area (TPSA) is 81.5 Å². The Hall–Kier alpha value is -2.63. The van der Waals surface area contributed by atoms with Gasteiger partial charge in [0.1, 0.15) is 6.61 Å². The smallest absolute Gasteiger partial charge is 0.358 e. The monoisotopic (exact) mass is 274 g/mol. The number of hydrogen-bond donors (Lipinski definition) is 1. The molecule has 2 heterocycles. The third kappa shape index (κ3) is 3.03. The minimum atomic E-state index is -1.12. The second kappa shape index (κ2) is 6.01. The third-order valence-corrected chi connectivity index (χ3v) is 2.63. The van der Waals surface area contributed by atoms with Crippen LogP contribution in [0.2, 0.25) is 0 Å². The van der Waals surface area contributed by atoms with Gasteiger partial charge in [-0.3, -0.25) is 0 Å². The van der Waals surface area contributed by atoms with E-state index in [1.165, 1.54) is 7.11 Å². The zero-order valence-electron chi connectivity index (χ0n) is 11.2. The number of carbonyl (C=O) groups is 1. The van der Waals surface area contributed by atoms with E-state index in [9.17, 15) is 4.79 Å². The molecular formula is C14H14N2O4. The largest absolute Gasteiger partial charge is 0.486 e. The van der Waals surface area contributed by atoms with Crippen molar-refractivity contribution in [1.29, 1.82) is 0 Å². The fourth-order valence-electron chi connectivity index (χ4n) is 1.69. The fraction of sp³-hybridized carbons (Fsp3) is 0.214. The summed E-state index contributed by atoms with van der Waals surface area (Å²) in [6.45, 7) is 1.88. The lowest BCUT2D eigenvalue weighted by atomic mass is 10.2. The molecule has 1 N–H and O–H groups in total. The summed E-state index contributed by atoms with van der Waals surface area (Å²) in [5.41, 5.74) is 1.24. The first kappa shape index (κ1) is 13.8. The Bertz CT molecular complexity index is 628. The van der Waals surface area contributed by atoms with Crippen molar-refractivity contribution in [3.05, 3.63) is 47.4 Å². The number of hydrogen-bond acceptors (Lipinski definition) is 5. The first-order valence-corrected chi connectivity index (χ1v) is 5.93. The Kier molecular flexibility index (Phi) is 4.14. The van der Waals surface area contributed by atoms with Gasteiger partial charge < -0.3 is 14.6 Å². The van der Waals surface area contributed by atoms with Crippen LogP contribution in [0, 0.1) is 6.92 Å².